The van der Waals surface area contributed by atoms with Crippen LogP contribution in [-0.2, 0) is 0 Å². The third-order valence-electron chi connectivity index (χ3n) is 3.66. The number of amides is 1. The van der Waals surface area contributed by atoms with Gasteiger partial charge in [0.05, 0.1) is 5.52 Å². The van der Waals surface area contributed by atoms with E-state index in [1.54, 1.807) is 4.52 Å². The van der Waals surface area contributed by atoms with Gasteiger partial charge in [0, 0.05) is 19.3 Å². The van der Waals surface area contributed by atoms with Crippen molar-refractivity contribution in [2.45, 2.75) is 19.8 Å². The van der Waals surface area contributed by atoms with Gasteiger partial charge >= 0.3 is 0 Å². The highest BCUT2D eigenvalue weighted by Crippen LogP contribution is 2.18. The number of carbonyl (C=O) groups excluding carboxylic acids is 1. The van der Waals surface area contributed by atoms with Crippen molar-refractivity contribution >= 4 is 11.4 Å². The number of hydrogen-bond acceptors (Lipinski definition) is 2. The van der Waals surface area contributed by atoms with Crippen molar-refractivity contribution in [3.8, 4) is 0 Å². The van der Waals surface area contributed by atoms with E-state index in [2.05, 4.69) is 12.0 Å². The Balaban J connectivity index is 1.83. The lowest BCUT2D eigenvalue weighted by Crippen LogP contribution is -2.38. The maximum atomic E-state index is 12.3. The Morgan fingerprint density at radius 2 is 2.11 bits per heavy atom. The molecule has 0 atom stereocenters. The number of nitrogens with zero attached hydrogens (tertiary/aromatic N) is 3. The summed E-state index contributed by atoms with van der Waals surface area (Å²) in [6, 6.07) is 7.69. The minimum absolute atomic E-state index is 0.0607. The predicted octanol–water partition coefficient (Wildman–Crippen LogP) is 2.21. The van der Waals surface area contributed by atoms with Crippen molar-refractivity contribution in [2.24, 2.45) is 5.92 Å². The lowest BCUT2D eigenvalue weighted by atomic mass is 9.99. The monoisotopic (exact) mass is 243 g/mol. The second-order valence-electron chi connectivity index (χ2n) is 5.07. The summed E-state index contributed by atoms with van der Waals surface area (Å²) in [6.45, 7) is 3.95. The van der Waals surface area contributed by atoms with E-state index in [0.717, 1.165) is 37.4 Å². The molecule has 0 unspecified atom stereocenters. The number of carbonyl (C=O) groups is 1. The van der Waals surface area contributed by atoms with Crippen LogP contribution in [0.3, 0.4) is 0 Å². The highest BCUT2D eigenvalue weighted by atomic mass is 16.2. The molecule has 94 valence electrons. The number of aromatic nitrogens is 2. The highest BCUT2D eigenvalue weighted by Gasteiger charge is 2.23. The largest absolute Gasteiger partial charge is 0.337 e. The molecule has 1 fully saturated rings. The standard InChI is InChI=1S/C14H17N3O/c1-11-5-8-16(9-6-11)14(18)13-10-12-4-2-3-7-17(12)15-13/h2-4,7,10-11H,5-6,8-9H2,1H3. The van der Waals surface area contributed by atoms with Gasteiger partial charge in [-0.05, 0) is 37.0 Å². The average molecular weight is 243 g/mol. The van der Waals surface area contributed by atoms with Gasteiger partial charge in [-0.3, -0.25) is 4.79 Å². The first kappa shape index (κ1) is 11.3. The third kappa shape index (κ3) is 1.98. The van der Waals surface area contributed by atoms with Crippen LogP contribution in [0.5, 0.6) is 0 Å². The minimum Gasteiger partial charge on any atom is -0.337 e. The number of piperidine rings is 1. The summed E-state index contributed by atoms with van der Waals surface area (Å²) in [7, 11) is 0. The first-order chi connectivity index (χ1) is 8.74. The van der Waals surface area contributed by atoms with Crippen LogP contribution in [0.15, 0.2) is 30.5 Å². The second kappa shape index (κ2) is 4.44. The van der Waals surface area contributed by atoms with E-state index >= 15 is 0 Å². The van der Waals surface area contributed by atoms with E-state index in [0.29, 0.717) is 5.69 Å². The molecule has 0 saturated carbocycles. The quantitative estimate of drug-likeness (QED) is 0.770. The maximum Gasteiger partial charge on any atom is 0.274 e. The molecule has 0 bridgehead atoms. The number of fused-ring (bicyclic) bond motifs is 1. The zero-order chi connectivity index (χ0) is 12.5. The van der Waals surface area contributed by atoms with Crippen LogP contribution < -0.4 is 0 Å². The molecule has 18 heavy (non-hydrogen) atoms. The zero-order valence-corrected chi connectivity index (χ0v) is 10.5. The normalized spacial score (nSPS) is 17.3. The smallest absolute Gasteiger partial charge is 0.274 e. The van der Waals surface area contributed by atoms with Gasteiger partial charge in [0.15, 0.2) is 5.69 Å². The Labute approximate surface area is 106 Å². The summed E-state index contributed by atoms with van der Waals surface area (Å²) >= 11 is 0. The van der Waals surface area contributed by atoms with Crippen LogP contribution in [0.2, 0.25) is 0 Å². The second-order valence-corrected chi connectivity index (χ2v) is 5.07. The van der Waals surface area contributed by atoms with E-state index in [-0.39, 0.29) is 5.91 Å². The predicted molar refractivity (Wildman–Crippen MR) is 69.5 cm³/mol. The SMILES string of the molecule is CC1CCN(C(=O)c2cc3ccccn3n2)CC1. The molecular formula is C14H17N3O. The van der Waals surface area contributed by atoms with E-state index < -0.39 is 0 Å². The Kier molecular flexibility index (Phi) is 2.78. The van der Waals surface area contributed by atoms with Crippen molar-refractivity contribution < 1.29 is 4.79 Å². The molecule has 4 heteroatoms. The van der Waals surface area contributed by atoms with Crippen molar-refractivity contribution in [2.75, 3.05) is 13.1 Å². The molecule has 0 spiro atoms. The molecule has 1 aliphatic rings. The lowest BCUT2D eigenvalue weighted by Gasteiger charge is -2.29. The molecule has 0 aliphatic carbocycles. The van der Waals surface area contributed by atoms with Crippen molar-refractivity contribution in [1.29, 1.82) is 0 Å². The van der Waals surface area contributed by atoms with Crippen LogP contribution in [-0.4, -0.2) is 33.5 Å². The summed E-state index contributed by atoms with van der Waals surface area (Å²) < 4.78 is 1.75. The molecule has 0 N–H and O–H groups in total. The maximum absolute atomic E-state index is 12.3. The summed E-state index contributed by atoms with van der Waals surface area (Å²) in [5.74, 6) is 0.792. The molecule has 0 aromatic carbocycles. The number of rotatable bonds is 1. The first-order valence-electron chi connectivity index (χ1n) is 6.48. The van der Waals surface area contributed by atoms with E-state index in [9.17, 15) is 4.79 Å². The molecule has 1 aliphatic heterocycles. The number of hydrogen-bond donors (Lipinski definition) is 0. The number of likely N-dealkylation sites (tertiary alicyclic amines) is 1. The minimum atomic E-state index is 0.0607. The molecular weight excluding hydrogens is 226 g/mol. The molecule has 3 rings (SSSR count). The topological polar surface area (TPSA) is 37.6 Å². The van der Waals surface area contributed by atoms with E-state index in [1.807, 2.05) is 35.4 Å². The molecule has 2 aromatic heterocycles. The molecule has 0 radical (unpaired) electrons. The van der Waals surface area contributed by atoms with E-state index in [4.69, 9.17) is 0 Å². The van der Waals surface area contributed by atoms with Gasteiger partial charge in [-0.1, -0.05) is 13.0 Å². The van der Waals surface area contributed by atoms with Crippen molar-refractivity contribution in [3.05, 3.63) is 36.2 Å². The van der Waals surface area contributed by atoms with Gasteiger partial charge in [0.1, 0.15) is 0 Å². The molecule has 2 aromatic rings. The van der Waals surface area contributed by atoms with Gasteiger partial charge < -0.3 is 4.90 Å². The zero-order valence-electron chi connectivity index (χ0n) is 10.5. The lowest BCUT2D eigenvalue weighted by molar-refractivity contribution is 0.0691. The van der Waals surface area contributed by atoms with Gasteiger partial charge in [-0.15, -0.1) is 0 Å². The first-order valence-corrected chi connectivity index (χ1v) is 6.48. The Bertz CT molecular complexity index is 534. The van der Waals surface area contributed by atoms with Crippen LogP contribution in [0.4, 0.5) is 0 Å². The average Bonchev–Trinajstić information content (AvgIpc) is 2.82. The van der Waals surface area contributed by atoms with Crippen LogP contribution in [0, 0.1) is 5.92 Å². The van der Waals surface area contributed by atoms with Crippen LogP contribution in [0.1, 0.15) is 30.3 Å². The molecule has 4 nitrogen and oxygen atoms in total. The van der Waals surface area contributed by atoms with Gasteiger partial charge in [0.25, 0.3) is 5.91 Å². The molecule has 3 heterocycles. The highest BCUT2D eigenvalue weighted by molar-refractivity contribution is 5.93. The van der Waals surface area contributed by atoms with E-state index in [1.165, 1.54) is 0 Å². The molecule has 1 saturated heterocycles. The third-order valence-corrected chi connectivity index (χ3v) is 3.66. The fourth-order valence-electron chi connectivity index (χ4n) is 2.42. The van der Waals surface area contributed by atoms with Crippen LogP contribution in [0.25, 0.3) is 5.52 Å². The Hall–Kier alpha value is -1.84. The summed E-state index contributed by atoms with van der Waals surface area (Å²) in [4.78, 5) is 14.2. The van der Waals surface area contributed by atoms with Gasteiger partial charge in [-0.2, -0.15) is 5.10 Å². The summed E-state index contributed by atoms with van der Waals surface area (Å²) in [5, 5.41) is 4.33. The van der Waals surface area contributed by atoms with Crippen LogP contribution >= 0.6 is 0 Å². The summed E-state index contributed by atoms with van der Waals surface area (Å²) in [6.07, 6.45) is 4.06. The van der Waals surface area contributed by atoms with Crippen molar-refractivity contribution in [1.82, 2.24) is 14.5 Å². The molecule has 1 amide bonds. The summed E-state index contributed by atoms with van der Waals surface area (Å²) in [5.41, 5.74) is 1.52. The fourth-order valence-corrected chi connectivity index (χ4v) is 2.42. The van der Waals surface area contributed by atoms with Crippen molar-refractivity contribution in [3.63, 3.8) is 0 Å². The Morgan fingerprint density at radius 3 is 2.83 bits per heavy atom. The van der Waals surface area contributed by atoms with Gasteiger partial charge in [0.2, 0.25) is 0 Å². The number of pyridine rings is 1. The fraction of sp³-hybridized carbons (Fsp3) is 0.429. The Morgan fingerprint density at radius 1 is 1.33 bits per heavy atom. The van der Waals surface area contributed by atoms with Gasteiger partial charge in [-0.25, -0.2) is 4.52 Å².